The molecule has 1 N–H and O–H groups in total. The minimum absolute atomic E-state index is 0.00909. The third-order valence-corrected chi connectivity index (χ3v) is 1.78. The lowest BCUT2D eigenvalue weighted by Gasteiger charge is -2.20. The molecule has 0 fully saturated rings. The molecule has 76 valence electrons. The van der Waals surface area contributed by atoms with Crippen molar-refractivity contribution in [2.24, 2.45) is 5.41 Å². The van der Waals surface area contributed by atoms with Gasteiger partial charge in [0.05, 0.1) is 13.2 Å². The van der Waals surface area contributed by atoms with Gasteiger partial charge < -0.3 is 9.84 Å². The second-order valence-electron chi connectivity index (χ2n) is 3.87. The molecule has 0 aromatic heterocycles. The summed E-state index contributed by atoms with van der Waals surface area (Å²) in [5.74, 6) is -0.316. The number of esters is 1. The van der Waals surface area contributed by atoms with Gasteiger partial charge in [-0.2, -0.15) is 0 Å². The molecule has 0 aliphatic rings. The van der Waals surface area contributed by atoms with Crippen molar-refractivity contribution in [1.29, 1.82) is 0 Å². The number of carbonyl (C=O) groups is 1. The number of aliphatic hydroxyl groups is 1. The molecule has 0 radical (unpaired) electrons. The minimum Gasteiger partial charge on any atom is -0.462 e. The monoisotopic (exact) mass is 186 g/mol. The lowest BCUT2D eigenvalue weighted by Crippen LogP contribution is -2.25. The summed E-state index contributed by atoms with van der Waals surface area (Å²) in [7, 11) is 0. The van der Waals surface area contributed by atoms with Crippen LogP contribution in [0.15, 0.2) is 11.6 Å². The zero-order valence-electron chi connectivity index (χ0n) is 8.76. The van der Waals surface area contributed by atoms with Crippen LogP contribution >= 0.6 is 0 Å². The van der Waals surface area contributed by atoms with E-state index in [2.05, 4.69) is 0 Å². The number of hydrogen-bond donors (Lipinski definition) is 1. The quantitative estimate of drug-likeness (QED) is 0.535. The molecule has 0 amide bonds. The van der Waals surface area contributed by atoms with Crippen LogP contribution < -0.4 is 0 Å². The van der Waals surface area contributed by atoms with Crippen molar-refractivity contribution in [3.8, 4) is 0 Å². The molecule has 0 aliphatic heterocycles. The highest BCUT2D eigenvalue weighted by Gasteiger charge is 2.19. The Labute approximate surface area is 79.4 Å². The van der Waals surface area contributed by atoms with E-state index in [1.54, 1.807) is 19.9 Å². The van der Waals surface area contributed by atoms with Crippen molar-refractivity contribution in [1.82, 2.24) is 0 Å². The molecular formula is C10H18O3. The molecule has 0 aromatic carbocycles. The lowest BCUT2D eigenvalue weighted by molar-refractivity contribution is -0.142. The molecule has 0 bridgehead atoms. The van der Waals surface area contributed by atoms with Crippen LogP contribution in [0, 0.1) is 5.41 Å². The van der Waals surface area contributed by atoms with Gasteiger partial charge in [0.25, 0.3) is 0 Å². The van der Waals surface area contributed by atoms with E-state index in [1.165, 1.54) is 0 Å². The fraction of sp³-hybridized carbons (Fsp3) is 0.700. The molecule has 3 heteroatoms. The largest absolute Gasteiger partial charge is 0.462 e. The summed E-state index contributed by atoms with van der Waals surface area (Å²) >= 11 is 0. The van der Waals surface area contributed by atoms with Crippen LogP contribution in [0.2, 0.25) is 0 Å². The molecule has 13 heavy (non-hydrogen) atoms. The SMILES string of the molecule is CC=C(C)C(=O)OCC(C)(C)CO. The molecule has 0 saturated carbocycles. The first-order valence-corrected chi connectivity index (χ1v) is 4.34. The summed E-state index contributed by atoms with van der Waals surface area (Å²) in [5, 5.41) is 8.90. The Kier molecular flexibility index (Phi) is 4.70. The zero-order chi connectivity index (χ0) is 10.5. The van der Waals surface area contributed by atoms with Gasteiger partial charge in [-0.3, -0.25) is 0 Å². The second kappa shape index (κ2) is 5.02. The Morgan fingerprint density at radius 1 is 1.54 bits per heavy atom. The van der Waals surface area contributed by atoms with Gasteiger partial charge in [0.1, 0.15) is 0 Å². The molecule has 0 rings (SSSR count). The van der Waals surface area contributed by atoms with Crippen molar-refractivity contribution < 1.29 is 14.6 Å². The Morgan fingerprint density at radius 2 is 2.08 bits per heavy atom. The predicted octanol–water partition coefficient (Wildman–Crippen LogP) is 1.51. The molecule has 0 atom stereocenters. The van der Waals surface area contributed by atoms with Gasteiger partial charge in [0, 0.05) is 11.0 Å². The molecule has 0 unspecified atom stereocenters. The maximum atomic E-state index is 11.2. The van der Waals surface area contributed by atoms with Gasteiger partial charge in [-0.05, 0) is 13.8 Å². The summed E-state index contributed by atoms with van der Waals surface area (Å²) in [6, 6.07) is 0. The molecule has 0 aliphatic carbocycles. The Balaban J connectivity index is 3.97. The summed E-state index contributed by atoms with van der Waals surface area (Å²) in [6.07, 6.45) is 1.70. The third kappa shape index (κ3) is 4.68. The average Bonchev–Trinajstić information content (AvgIpc) is 2.13. The van der Waals surface area contributed by atoms with E-state index in [0.717, 1.165) is 0 Å². The summed E-state index contributed by atoms with van der Waals surface area (Å²) in [6.45, 7) is 7.42. The van der Waals surface area contributed by atoms with E-state index >= 15 is 0 Å². The highest BCUT2D eigenvalue weighted by Crippen LogP contribution is 2.14. The van der Waals surface area contributed by atoms with Gasteiger partial charge in [0.2, 0.25) is 0 Å². The fourth-order valence-corrected chi connectivity index (χ4v) is 0.538. The van der Waals surface area contributed by atoms with Gasteiger partial charge in [-0.25, -0.2) is 4.79 Å². The summed E-state index contributed by atoms with van der Waals surface area (Å²) in [5.41, 5.74) is 0.234. The highest BCUT2D eigenvalue weighted by molar-refractivity contribution is 5.87. The topological polar surface area (TPSA) is 46.5 Å². The maximum Gasteiger partial charge on any atom is 0.333 e. The Hall–Kier alpha value is -0.830. The van der Waals surface area contributed by atoms with Crippen LogP contribution in [0.4, 0.5) is 0 Å². The van der Waals surface area contributed by atoms with Gasteiger partial charge in [-0.15, -0.1) is 0 Å². The van der Waals surface area contributed by atoms with Gasteiger partial charge in [-0.1, -0.05) is 19.9 Å². The van der Waals surface area contributed by atoms with Crippen LogP contribution in [-0.2, 0) is 9.53 Å². The van der Waals surface area contributed by atoms with Crippen LogP contribution in [-0.4, -0.2) is 24.3 Å². The van der Waals surface area contributed by atoms with E-state index < -0.39 is 0 Å². The number of ether oxygens (including phenoxy) is 1. The van der Waals surface area contributed by atoms with Crippen molar-refractivity contribution in [3.63, 3.8) is 0 Å². The van der Waals surface area contributed by atoms with E-state index in [4.69, 9.17) is 9.84 Å². The summed E-state index contributed by atoms with van der Waals surface area (Å²) < 4.78 is 4.98. The van der Waals surface area contributed by atoms with Crippen molar-refractivity contribution >= 4 is 5.97 Å². The van der Waals surface area contributed by atoms with Gasteiger partial charge >= 0.3 is 5.97 Å². The number of allylic oxidation sites excluding steroid dienone is 1. The Morgan fingerprint density at radius 3 is 2.46 bits per heavy atom. The van der Waals surface area contributed by atoms with Crippen molar-refractivity contribution in [3.05, 3.63) is 11.6 Å². The standard InChI is InChI=1S/C10H18O3/c1-5-8(2)9(12)13-7-10(3,4)6-11/h5,11H,6-7H2,1-4H3. The van der Waals surface area contributed by atoms with Gasteiger partial charge in [0.15, 0.2) is 0 Å². The van der Waals surface area contributed by atoms with Crippen LogP contribution in [0.5, 0.6) is 0 Å². The smallest absolute Gasteiger partial charge is 0.333 e. The maximum absolute atomic E-state index is 11.2. The lowest BCUT2D eigenvalue weighted by atomic mass is 9.96. The van der Waals surface area contributed by atoms with E-state index in [0.29, 0.717) is 5.57 Å². The number of aliphatic hydroxyl groups excluding tert-OH is 1. The fourth-order valence-electron chi connectivity index (χ4n) is 0.538. The first-order chi connectivity index (χ1) is 5.93. The molecule has 0 saturated heterocycles. The number of hydrogen-bond acceptors (Lipinski definition) is 3. The zero-order valence-corrected chi connectivity index (χ0v) is 8.76. The minimum atomic E-state index is -0.357. The first-order valence-electron chi connectivity index (χ1n) is 4.34. The molecule has 0 heterocycles. The van der Waals surface area contributed by atoms with Crippen molar-refractivity contribution in [2.75, 3.05) is 13.2 Å². The average molecular weight is 186 g/mol. The van der Waals surface area contributed by atoms with Crippen LogP contribution in [0.25, 0.3) is 0 Å². The first kappa shape index (κ1) is 12.2. The van der Waals surface area contributed by atoms with E-state index in [9.17, 15) is 4.79 Å². The van der Waals surface area contributed by atoms with Crippen LogP contribution in [0.3, 0.4) is 0 Å². The second-order valence-corrected chi connectivity index (χ2v) is 3.87. The highest BCUT2D eigenvalue weighted by atomic mass is 16.5. The number of rotatable bonds is 4. The van der Waals surface area contributed by atoms with Crippen LogP contribution in [0.1, 0.15) is 27.7 Å². The summed E-state index contributed by atoms with van der Waals surface area (Å²) in [4.78, 5) is 11.2. The normalized spacial score (nSPS) is 12.8. The Bertz CT molecular complexity index is 204. The predicted molar refractivity (Wildman–Crippen MR) is 51.3 cm³/mol. The van der Waals surface area contributed by atoms with E-state index in [-0.39, 0.29) is 24.6 Å². The third-order valence-electron chi connectivity index (χ3n) is 1.78. The molecule has 0 aromatic rings. The number of carbonyl (C=O) groups excluding carboxylic acids is 1. The van der Waals surface area contributed by atoms with Crippen molar-refractivity contribution in [2.45, 2.75) is 27.7 Å². The van der Waals surface area contributed by atoms with E-state index in [1.807, 2.05) is 13.8 Å². The molecular weight excluding hydrogens is 168 g/mol. The molecule has 0 spiro atoms. The molecule has 3 nitrogen and oxygen atoms in total.